The van der Waals surface area contributed by atoms with Gasteiger partial charge in [0.2, 0.25) is 0 Å². The van der Waals surface area contributed by atoms with Gasteiger partial charge in [-0.1, -0.05) is 0 Å². The summed E-state index contributed by atoms with van der Waals surface area (Å²) in [6, 6.07) is 5.56. The fraction of sp³-hybridized carbons (Fsp3) is 0.214. The van der Waals surface area contributed by atoms with E-state index in [9.17, 15) is 4.79 Å². The van der Waals surface area contributed by atoms with Gasteiger partial charge in [0, 0.05) is 31.0 Å². The predicted molar refractivity (Wildman–Crippen MR) is 74.5 cm³/mol. The van der Waals surface area contributed by atoms with E-state index in [4.69, 9.17) is 0 Å². The van der Waals surface area contributed by atoms with E-state index in [1.165, 1.54) is 0 Å². The van der Waals surface area contributed by atoms with Crippen LogP contribution in [0.4, 0.5) is 0 Å². The maximum Gasteiger partial charge on any atom is 0.254 e. The lowest BCUT2D eigenvalue weighted by Crippen LogP contribution is -2.51. The van der Waals surface area contributed by atoms with E-state index >= 15 is 0 Å². The van der Waals surface area contributed by atoms with Crippen molar-refractivity contribution in [2.45, 2.75) is 6.04 Å². The molecule has 104 valence electrons. The van der Waals surface area contributed by atoms with Gasteiger partial charge in [0.15, 0.2) is 0 Å². The second-order valence-corrected chi connectivity index (χ2v) is 4.97. The van der Waals surface area contributed by atoms with Crippen LogP contribution in [0, 0.1) is 0 Å². The minimum Gasteiger partial charge on any atom is -0.334 e. The van der Waals surface area contributed by atoms with Crippen LogP contribution in [0.1, 0.15) is 16.4 Å². The van der Waals surface area contributed by atoms with Crippen molar-refractivity contribution in [2.24, 2.45) is 0 Å². The minimum absolute atomic E-state index is 0.00552. The largest absolute Gasteiger partial charge is 0.334 e. The number of rotatable bonds is 2. The van der Waals surface area contributed by atoms with Gasteiger partial charge in [-0.05, 0) is 18.2 Å². The topological polar surface area (TPSA) is 76.8 Å². The molecule has 3 heterocycles. The molecule has 0 unspecified atom stereocenters. The molecule has 1 fully saturated rings. The third-order valence-electron chi connectivity index (χ3n) is 3.63. The summed E-state index contributed by atoms with van der Waals surface area (Å²) in [5, 5.41) is 8.19. The fourth-order valence-corrected chi connectivity index (χ4v) is 2.46. The average Bonchev–Trinajstić information content (AvgIpc) is 2.99. The van der Waals surface area contributed by atoms with E-state index in [1.54, 1.807) is 46.6 Å². The molecular weight excluding hydrogens is 268 g/mol. The summed E-state index contributed by atoms with van der Waals surface area (Å²) in [5.41, 5.74) is 2.15. The monoisotopic (exact) mass is 280 g/mol. The molecule has 2 aromatic heterocycles. The molecule has 1 saturated heterocycles. The molecule has 0 spiro atoms. The molecule has 7 nitrogen and oxygen atoms in total. The number of carbonyl (C=O) groups is 1. The summed E-state index contributed by atoms with van der Waals surface area (Å²) in [7, 11) is 0. The molecule has 1 amide bonds. The van der Waals surface area contributed by atoms with Crippen LogP contribution in [0.3, 0.4) is 0 Å². The van der Waals surface area contributed by atoms with Crippen LogP contribution in [0.2, 0.25) is 0 Å². The van der Waals surface area contributed by atoms with Gasteiger partial charge in [-0.3, -0.25) is 14.8 Å². The lowest BCUT2D eigenvalue weighted by molar-refractivity contribution is 0.0476. The molecule has 21 heavy (non-hydrogen) atoms. The van der Waals surface area contributed by atoms with Crippen molar-refractivity contribution in [2.75, 3.05) is 13.1 Å². The van der Waals surface area contributed by atoms with Gasteiger partial charge in [0.05, 0.1) is 23.4 Å². The molecule has 7 heteroatoms. The Balaban J connectivity index is 1.52. The summed E-state index contributed by atoms with van der Waals surface area (Å²) < 4.78 is 0. The van der Waals surface area contributed by atoms with Crippen molar-refractivity contribution in [3.05, 3.63) is 48.5 Å². The van der Waals surface area contributed by atoms with Crippen LogP contribution in [0.25, 0.3) is 11.0 Å². The van der Waals surface area contributed by atoms with Crippen molar-refractivity contribution in [3.63, 3.8) is 0 Å². The molecule has 0 saturated carbocycles. The highest BCUT2D eigenvalue weighted by molar-refractivity contribution is 5.97. The number of carbonyl (C=O) groups excluding carboxylic acids is 1. The lowest BCUT2D eigenvalue weighted by atomic mass is 10.1. The van der Waals surface area contributed by atoms with Crippen molar-refractivity contribution >= 4 is 16.9 Å². The molecule has 0 N–H and O–H groups in total. The highest BCUT2D eigenvalue weighted by atomic mass is 16.2. The first-order valence-corrected chi connectivity index (χ1v) is 6.67. The molecular formula is C14H12N6O. The molecule has 3 aromatic rings. The van der Waals surface area contributed by atoms with E-state index < -0.39 is 0 Å². The maximum atomic E-state index is 12.4. The smallest absolute Gasteiger partial charge is 0.254 e. The first-order chi connectivity index (χ1) is 10.3. The van der Waals surface area contributed by atoms with Gasteiger partial charge in [-0.2, -0.15) is 15.0 Å². The van der Waals surface area contributed by atoms with E-state index in [1.807, 2.05) is 6.07 Å². The Kier molecular flexibility index (Phi) is 2.63. The molecule has 4 rings (SSSR count). The first kappa shape index (κ1) is 12.0. The normalized spacial score (nSPS) is 15.1. The van der Waals surface area contributed by atoms with Crippen LogP contribution in [-0.4, -0.2) is 48.9 Å². The number of fused-ring (bicyclic) bond motifs is 1. The number of aromatic nitrogens is 5. The van der Waals surface area contributed by atoms with E-state index in [-0.39, 0.29) is 11.9 Å². The standard InChI is InChI=1S/C14H12N6O/c21-14(19-8-11(9-19)20-17-5-6-18-20)10-1-2-12-13(7-10)16-4-3-15-12/h1-7,11H,8-9H2. The van der Waals surface area contributed by atoms with Crippen LogP contribution < -0.4 is 0 Å². The number of nitrogens with zero attached hydrogens (tertiary/aromatic N) is 6. The van der Waals surface area contributed by atoms with Gasteiger partial charge >= 0.3 is 0 Å². The zero-order valence-corrected chi connectivity index (χ0v) is 11.1. The number of benzene rings is 1. The van der Waals surface area contributed by atoms with Crippen LogP contribution in [-0.2, 0) is 0 Å². The Hall–Kier alpha value is -2.83. The van der Waals surface area contributed by atoms with Gasteiger partial charge < -0.3 is 4.90 Å². The number of amides is 1. The highest BCUT2D eigenvalue weighted by Gasteiger charge is 2.33. The van der Waals surface area contributed by atoms with Crippen LogP contribution in [0.15, 0.2) is 43.0 Å². The molecule has 1 aliphatic heterocycles. The van der Waals surface area contributed by atoms with Gasteiger partial charge in [-0.25, -0.2) is 0 Å². The SMILES string of the molecule is O=C(c1ccc2nccnc2c1)N1CC(n2nccn2)C1. The van der Waals surface area contributed by atoms with Crippen LogP contribution >= 0.6 is 0 Å². The lowest BCUT2D eigenvalue weighted by Gasteiger charge is -2.38. The zero-order valence-electron chi connectivity index (χ0n) is 11.1. The van der Waals surface area contributed by atoms with Gasteiger partial charge in [-0.15, -0.1) is 0 Å². The van der Waals surface area contributed by atoms with Crippen molar-refractivity contribution < 1.29 is 4.79 Å². The summed E-state index contributed by atoms with van der Waals surface area (Å²) >= 11 is 0. The first-order valence-electron chi connectivity index (χ1n) is 6.67. The van der Waals surface area contributed by atoms with E-state index in [2.05, 4.69) is 20.2 Å². The Morgan fingerprint density at radius 2 is 1.71 bits per heavy atom. The third kappa shape index (κ3) is 2.03. The quantitative estimate of drug-likeness (QED) is 0.697. The minimum atomic E-state index is 0.00552. The van der Waals surface area contributed by atoms with Gasteiger partial charge in [0.25, 0.3) is 5.91 Å². The fourth-order valence-electron chi connectivity index (χ4n) is 2.46. The number of hydrogen-bond donors (Lipinski definition) is 0. The number of hydrogen-bond acceptors (Lipinski definition) is 5. The van der Waals surface area contributed by atoms with Crippen molar-refractivity contribution in [1.82, 2.24) is 29.9 Å². The van der Waals surface area contributed by atoms with E-state index in [0.29, 0.717) is 18.7 Å². The third-order valence-corrected chi connectivity index (χ3v) is 3.63. The van der Waals surface area contributed by atoms with E-state index in [0.717, 1.165) is 11.0 Å². The second-order valence-electron chi connectivity index (χ2n) is 4.97. The molecule has 1 aromatic carbocycles. The summed E-state index contributed by atoms with van der Waals surface area (Å²) in [5.74, 6) is 0.00552. The predicted octanol–water partition coefficient (Wildman–Crippen LogP) is 0.918. The van der Waals surface area contributed by atoms with Crippen molar-refractivity contribution in [3.8, 4) is 0 Å². The second kappa shape index (κ2) is 4.62. The van der Waals surface area contributed by atoms with Crippen molar-refractivity contribution in [1.29, 1.82) is 0 Å². The van der Waals surface area contributed by atoms with Crippen LogP contribution in [0.5, 0.6) is 0 Å². The summed E-state index contributed by atoms with van der Waals surface area (Å²) in [6.45, 7) is 1.26. The molecule has 0 atom stereocenters. The molecule has 1 aliphatic rings. The maximum absolute atomic E-state index is 12.4. The summed E-state index contributed by atoms with van der Waals surface area (Å²) in [6.07, 6.45) is 6.56. The Bertz CT molecular complexity index is 794. The highest BCUT2D eigenvalue weighted by Crippen LogP contribution is 2.22. The molecule has 0 radical (unpaired) electrons. The van der Waals surface area contributed by atoms with Gasteiger partial charge in [0.1, 0.15) is 6.04 Å². The summed E-state index contributed by atoms with van der Waals surface area (Å²) in [4.78, 5) is 24.3. The molecule has 0 bridgehead atoms. The average molecular weight is 280 g/mol. The zero-order chi connectivity index (χ0) is 14.2. The number of likely N-dealkylation sites (tertiary alicyclic amines) is 1. The Morgan fingerprint density at radius 3 is 2.48 bits per heavy atom. The Morgan fingerprint density at radius 1 is 1.00 bits per heavy atom. The molecule has 0 aliphatic carbocycles. The Labute approximate surface area is 120 Å².